The van der Waals surface area contributed by atoms with Gasteiger partial charge in [-0.1, -0.05) is 164 Å². The zero-order chi connectivity index (χ0) is 37.7. The molecule has 57 heavy (non-hydrogen) atoms. The largest absolute Gasteiger partial charge is 0.456 e. The Morgan fingerprint density at radius 1 is 0.281 bits per heavy atom. The summed E-state index contributed by atoms with van der Waals surface area (Å²) in [5.41, 5.74) is 11.2. The first-order valence-electron chi connectivity index (χ1n) is 19.2. The number of fused-ring (bicyclic) bond motifs is 5. The summed E-state index contributed by atoms with van der Waals surface area (Å²) in [4.78, 5) is 15.7. The highest BCUT2D eigenvalue weighted by molar-refractivity contribution is 6.12. The molecule has 0 amide bonds. The van der Waals surface area contributed by atoms with Crippen molar-refractivity contribution >= 4 is 43.5 Å². The van der Waals surface area contributed by atoms with Crippen molar-refractivity contribution in [2.24, 2.45) is 0 Å². The molecule has 266 valence electrons. The van der Waals surface area contributed by atoms with E-state index in [0.717, 1.165) is 66.3 Å². The first-order valence-corrected chi connectivity index (χ1v) is 19.2. The van der Waals surface area contributed by atoms with Crippen LogP contribution in [0.25, 0.3) is 111 Å². The monoisotopic (exact) mass is 727 g/mol. The molecule has 0 aliphatic carbocycles. The molecule has 0 saturated heterocycles. The van der Waals surface area contributed by atoms with Crippen LogP contribution in [0.3, 0.4) is 0 Å². The van der Waals surface area contributed by atoms with Gasteiger partial charge in [-0.05, 0) is 91.3 Å². The molecule has 0 fully saturated rings. The molecule has 4 heteroatoms. The van der Waals surface area contributed by atoms with Crippen molar-refractivity contribution in [3.63, 3.8) is 0 Å². The fourth-order valence-corrected chi connectivity index (χ4v) is 8.07. The van der Waals surface area contributed by atoms with E-state index in [4.69, 9.17) is 19.4 Å². The smallest absolute Gasteiger partial charge is 0.164 e. The summed E-state index contributed by atoms with van der Waals surface area (Å²) in [6.45, 7) is 0. The topological polar surface area (TPSA) is 51.8 Å². The van der Waals surface area contributed by atoms with Crippen LogP contribution >= 0.6 is 0 Å². The van der Waals surface area contributed by atoms with E-state index < -0.39 is 0 Å². The lowest BCUT2D eigenvalue weighted by molar-refractivity contribution is 0.669. The molecule has 0 aliphatic heterocycles. The number of benzene rings is 9. The molecule has 0 radical (unpaired) electrons. The fourth-order valence-electron chi connectivity index (χ4n) is 8.07. The summed E-state index contributed by atoms with van der Waals surface area (Å²) in [7, 11) is 0. The molecule has 0 saturated carbocycles. The Balaban J connectivity index is 1.07. The van der Waals surface area contributed by atoms with E-state index in [1.807, 2.05) is 36.4 Å². The summed E-state index contributed by atoms with van der Waals surface area (Å²) in [5.74, 6) is 1.79. The summed E-state index contributed by atoms with van der Waals surface area (Å²) < 4.78 is 6.31. The predicted molar refractivity (Wildman–Crippen MR) is 235 cm³/mol. The van der Waals surface area contributed by atoms with Crippen molar-refractivity contribution < 1.29 is 4.42 Å². The van der Waals surface area contributed by atoms with Gasteiger partial charge in [0.15, 0.2) is 17.5 Å². The second-order valence-corrected chi connectivity index (χ2v) is 14.4. The van der Waals surface area contributed by atoms with Gasteiger partial charge in [-0.15, -0.1) is 0 Å². The average molecular weight is 728 g/mol. The third kappa shape index (κ3) is 5.92. The second kappa shape index (κ2) is 13.6. The number of aromatic nitrogens is 3. The van der Waals surface area contributed by atoms with Gasteiger partial charge >= 0.3 is 0 Å². The zero-order valence-corrected chi connectivity index (χ0v) is 30.8. The second-order valence-electron chi connectivity index (χ2n) is 14.4. The number of hydrogen-bond acceptors (Lipinski definition) is 4. The molecule has 2 heterocycles. The van der Waals surface area contributed by atoms with Gasteiger partial charge in [-0.2, -0.15) is 0 Å². The van der Waals surface area contributed by atoms with Gasteiger partial charge in [0.25, 0.3) is 0 Å². The number of furan rings is 1. The molecule has 11 aromatic rings. The van der Waals surface area contributed by atoms with E-state index in [1.165, 1.54) is 27.3 Å². The van der Waals surface area contributed by atoms with E-state index in [1.54, 1.807) is 0 Å². The lowest BCUT2D eigenvalue weighted by atomic mass is 9.95. The third-order valence-electron chi connectivity index (χ3n) is 10.9. The molecule has 0 atom stereocenters. The fraction of sp³-hybridized carbons (Fsp3) is 0. The number of para-hydroxylation sites is 1. The quantitative estimate of drug-likeness (QED) is 0.171. The maximum Gasteiger partial charge on any atom is 0.164 e. The van der Waals surface area contributed by atoms with Crippen LogP contribution in [0.1, 0.15) is 0 Å². The normalized spacial score (nSPS) is 11.5. The van der Waals surface area contributed by atoms with Gasteiger partial charge in [-0.3, -0.25) is 0 Å². The summed E-state index contributed by atoms with van der Waals surface area (Å²) in [6, 6.07) is 70.0. The van der Waals surface area contributed by atoms with Crippen molar-refractivity contribution in [3.05, 3.63) is 200 Å². The molecular weight excluding hydrogens is 695 g/mol. The van der Waals surface area contributed by atoms with Crippen LogP contribution in [0, 0.1) is 0 Å². The first kappa shape index (κ1) is 32.7. The highest BCUT2D eigenvalue weighted by Crippen LogP contribution is 2.38. The highest BCUT2D eigenvalue weighted by Gasteiger charge is 2.19. The minimum absolute atomic E-state index is 0.590. The van der Waals surface area contributed by atoms with Crippen LogP contribution in [0.4, 0.5) is 0 Å². The summed E-state index contributed by atoms with van der Waals surface area (Å²) in [5, 5.41) is 6.79. The Labute approximate surface area is 329 Å². The maximum atomic E-state index is 6.31. The average Bonchev–Trinajstić information content (AvgIpc) is 3.68. The first-order chi connectivity index (χ1) is 28.2. The van der Waals surface area contributed by atoms with E-state index in [-0.39, 0.29) is 0 Å². The van der Waals surface area contributed by atoms with Gasteiger partial charge < -0.3 is 4.42 Å². The van der Waals surface area contributed by atoms with Crippen molar-refractivity contribution in [2.45, 2.75) is 0 Å². The number of nitrogens with zero attached hydrogens (tertiary/aromatic N) is 3. The van der Waals surface area contributed by atoms with E-state index in [2.05, 4.69) is 164 Å². The molecule has 11 rings (SSSR count). The summed E-state index contributed by atoms with van der Waals surface area (Å²) in [6.07, 6.45) is 0. The van der Waals surface area contributed by atoms with Crippen LogP contribution < -0.4 is 0 Å². The summed E-state index contributed by atoms with van der Waals surface area (Å²) >= 11 is 0. The minimum Gasteiger partial charge on any atom is -0.456 e. The van der Waals surface area contributed by atoms with Gasteiger partial charge in [0.05, 0.1) is 0 Å². The van der Waals surface area contributed by atoms with Gasteiger partial charge in [0, 0.05) is 27.5 Å². The van der Waals surface area contributed by atoms with Gasteiger partial charge in [0.2, 0.25) is 0 Å². The molecule has 9 aromatic carbocycles. The standard InChI is InChI=1S/C53H33N3O/c1-2-13-37(14-3-1)47-33-43(32-41-16-6-7-19-44(41)47)52-54-51(55-53(56-52)46-21-11-23-49-50(46)45-20-8-9-22-48(45)57-49)42-18-10-17-39(31-42)35-24-26-36(27-25-35)40-29-28-34-12-4-5-15-38(34)30-40/h1-33H. The van der Waals surface area contributed by atoms with E-state index in [0.29, 0.717) is 17.5 Å². The van der Waals surface area contributed by atoms with Crippen LogP contribution in [0.5, 0.6) is 0 Å². The number of hydrogen-bond donors (Lipinski definition) is 0. The molecule has 0 spiro atoms. The lowest BCUT2D eigenvalue weighted by Gasteiger charge is -2.13. The third-order valence-corrected chi connectivity index (χ3v) is 10.9. The van der Waals surface area contributed by atoms with Crippen molar-refractivity contribution in [2.75, 3.05) is 0 Å². The maximum absolute atomic E-state index is 6.31. The van der Waals surface area contributed by atoms with Gasteiger partial charge in [0.1, 0.15) is 11.2 Å². The zero-order valence-electron chi connectivity index (χ0n) is 30.8. The van der Waals surface area contributed by atoms with Crippen molar-refractivity contribution in [1.29, 1.82) is 0 Å². The Hall–Kier alpha value is -7.69. The Morgan fingerprint density at radius 3 is 1.67 bits per heavy atom. The van der Waals surface area contributed by atoms with E-state index in [9.17, 15) is 0 Å². The molecule has 4 nitrogen and oxygen atoms in total. The molecule has 0 aliphatic rings. The minimum atomic E-state index is 0.590. The molecule has 2 aromatic heterocycles. The van der Waals surface area contributed by atoms with Crippen LogP contribution in [-0.4, -0.2) is 15.0 Å². The molecule has 0 bridgehead atoms. The van der Waals surface area contributed by atoms with E-state index >= 15 is 0 Å². The Morgan fingerprint density at radius 2 is 0.842 bits per heavy atom. The highest BCUT2D eigenvalue weighted by atomic mass is 16.3. The predicted octanol–water partition coefficient (Wildman–Crippen LogP) is 14.1. The number of rotatable bonds is 6. The molecule has 0 unspecified atom stereocenters. The van der Waals surface area contributed by atoms with Crippen LogP contribution in [-0.2, 0) is 0 Å². The molecular formula is C53H33N3O. The van der Waals surface area contributed by atoms with Crippen LogP contribution in [0.2, 0.25) is 0 Å². The van der Waals surface area contributed by atoms with Crippen molar-refractivity contribution in [1.82, 2.24) is 15.0 Å². The van der Waals surface area contributed by atoms with Crippen molar-refractivity contribution in [3.8, 4) is 67.5 Å². The SMILES string of the molecule is c1ccc(-c2cc(-c3nc(-c4cccc(-c5ccc(-c6ccc7ccccc7c6)cc5)c4)nc(-c4cccc5oc6ccccc6c45)n3)cc3ccccc23)cc1. The van der Waals surface area contributed by atoms with Crippen LogP contribution in [0.15, 0.2) is 205 Å². The molecule has 0 N–H and O–H groups in total. The Kier molecular flexibility index (Phi) is 7.78. The Bertz CT molecular complexity index is 3290. The van der Waals surface area contributed by atoms with Gasteiger partial charge in [-0.25, -0.2) is 15.0 Å². The lowest BCUT2D eigenvalue weighted by Crippen LogP contribution is -2.01.